The predicted octanol–water partition coefficient (Wildman–Crippen LogP) is 5.51. The van der Waals surface area contributed by atoms with Crippen LogP contribution in [0.1, 0.15) is 67.3 Å². The third-order valence-corrected chi connectivity index (χ3v) is 8.70. The third kappa shape index (κ3) is 5.71. The van der Waals surface area contributed by atoms with E-state index in [1.165, 1.54) is 5.56 Å². The molecule has 36 heavy (non-hydrogen) atoms. The van der Waals surface area contributed by atoms with Gasteiger partial charge in [0.2, 0.25) is 0 Å². The average Bonchev–Trinajstić information content (AvgIpc) is 3.53. The van der Waals surface area contributed by atoms with Gasteiger partial charge in [0, 0.05) is 38.5 Å². The molecule has 1 amide bonds. The van der Waals surface area contributed by atoms with E-state index < -0.39 is 13.7 Å². The van der Waals surface area contributed by atoms with E-state index >= 15 is 0 Å². The van der Waals surface area contributed by atoms with E-state index in [0.717, 1.165) is 48.9 Å². The fraction of sp³-hybridized carbons (Fsp3) is 0.536. The number of benzene rings is 1. The number of amides is 1. The quantitative estimate of drug-likeness (QED) is 0.198. The molecular formula is C28H40N4O3Si. The first-order valence-corrected chi connectivity index (χ1v) is 16.7. The molecule has 1 N–H and O–H groups in total. The average molecular weight is 509 g/mol. The maximum Gasteiger partial charge on any atom is 0.251 e. The van der Waals surface area contributed by atoms with Crippen molar-refractivity contribution in [2.24, 2.45) is 0 Å². The summed E-state index contributed by atoms with van der Waals surface area (Å²) in [6.07, 6.45) is 4.96. The van der Waals surface area contributed by atoms with Crippen molar-refractivity contribution in [3.63, 3.8) is 0 Å². The number of fused-ring (bicyclic) bond motifs is 1. The van der Waals surface area contributed by atoms with Crippen molar-refractivity contribution in [2.75, 3.05) is 19.9 Å². The van der Waals surface area contributed by atoms with Crippen molar-refractivity contribution < 1.29 is 14.3 Å². The van der Waals surface area contributed by atoms with Crippen LogP contribution < -0.4 is 5.32 Å². The smallest absolute Gasteiger partial charge is 0.251 e. The summed E-state index contributed by atoms with van der Waals surface area (Å²) in [6.45, 7) is 14.8. The molecule has 3 aromatic rings. The van der Waals surface area contributed by atoms with E-state index in [9.17, 15) is 4.79 Å². The van der Waals surface area contributed by atoms with E-state index in [0.29, 0.717) is 12.1 Å². The lowest BCUT2D eigenvalue weighted by Gasteiger charge is -2.26. The Morgan fingerprint density at radius 1 is 1.14 bits per heavy atom. The summed E-state index contributed by atoms with van der Waals surface area (Å²) >= 11 is 0. The van der Waals surface area contributed by atoms with E-state index in [1.54, 1.807) is 0 Å². The maximum absolute atomic E-state index is 12.3. The van der Waals surface area contributed by atoms with E-state index in [1.807, 2.05) is 45.2 Å². The van der Waals surface area contributed by atoms with Crippen LogP contribution in [-0.4, -0.2) is 48.5 Å². The van der Waals surface area contributed by atoms with Crippen molar-refractivity contribution in [1.29, 1.82) is 0 Å². The van der Waals surface area contributed by atoms with E-state index in [-0.39, 0.29) is 18.1 Å². The number of carbonyl (C=O) groups excluding carboxylic acids is 1. The molecule has 0 unspecified atom stereocenters. The second-order valence-corrected chi connectivity index (χ2v) is 17.2. The lowest BCUT2D eigenvalue weighted by atomic mass is 9.93. The number of hydrogen-bond donors (Lipinski definition) is 1. The van der Waals surface area contributed by atoms with Gasteiger partial charge in [-0.05, 0) is 62.9 Å². The molecule has 4 rings (SSSR count). The molecule has 0 bridgehead atoms. The van der Waals surface area contributed by atoms with Crippen LogP contribution in [0.3, 0.4) is 0 Å². The van der Waals surface area contributed by atoms with Crippen molar-refractivity contribution in [2.45, 2.75) is 76.7 Å². The van der Waals surface area contributed by atoms with Gasteiger partial charge in [0.15, 0.2) is 5.65 Å². The first-order valence-electron chi connectivity index (χ1n) is 13.0. The molecule has 2 heterocycles. The summed E-state index contributed by atoms with van der Waals surface area (Å²) in [7, 11) is -1.13. The van der Waals surface area contributed by atoms with Gasteiger partial charge >= 0.3 is 0 Å². The zero-order chi connectivity index (χ0) is 26.0. The Kier molecular flexibility index (Phi) is 7.69. The fourth-order valence-corrected chi connectivity index (χ4v) is 5.22. The molecule has 1 aliphatic rings. The maximum atomic E-state index is 12.3. The number of ether oxygens (including phenoxy) is 2. The van der Waals surface area contributed by atoms with Crippen LogP contribution in [0.25, 0.3) is 5.65 Å². The Labute approximate surface area is 215 Å². The molecule has 1 fully saturated rings. The molecular weight excluding hydrogens is 468 g/mol. The molecule has 0 atom stereocenters. The second-order valence-electron chi connectivity index (χ2n) is 11.5. The standard InChI is InChI=1S/C28H40N4O3Si/c1-7-16-29-25(33)21-10-12-22(13-11-21)28(14-15-28)26-31-30-24-23(9-8-17-32(24)26)27(2,3)35-20-34-18-19-36(4,5)6/h8-13,17H,7,14-16,18-20H2,1-6H3,(H,29,33). The molecule has 194 valence electrons. The summed E-state index contributed by atoms with van der Waals surface area (Å²) in [5.41, 5.74) is 2.89. The second kappa shape index (κ2) is 10.4. The first kappa shape index (κ1) is 26.5. The van der Waals surface area contributed by atoms with Crippen LogP contribution in [0.4, 0.5) is 0 Å². The minimum Gasteiger partial charge on any atom is -0.356 e. The van der Waals surface area contributed by atoms with Gasteiger partial charge in [0.25, 0.3) is 5.91 Å². The van der Waals surface area contributed by atoms with Crippen molar-refractivity contribution in [1.82, 2.24) is 19.9 Å². The van der Waals surface area contributed by atoms with Gasteiger partial charge in [0.1, 0.15) is 12.6 Å². The monoisotopic (exact) mass is 508 g/mol. The Bertz CT molecular complexity index is 1190. The van der Waals surface area contributed by atoms with Crippen LogP contribution in [0.5, 0.6) is 0 Å². The number of nitrogens with zero attached hydrogens (tertiary/aromatic N) is 3. The summed E-state index contributed by atoms with van der Waals surface area (Å²) < 4.78 is 14.1. The van der Waals surface area contributed by atoms with Gasteiger partial charge in [-0.1, -0.05) is 44.8 Å². The molecule has 2 aromatic heterocycles. The van der Waals surface area contributed by atoms with E-state index in [4.69, 9.17) is 9.47 Å². The normalized spacial score (nSPS) is 15.3. The van der Waals surface area contributed by atoms with Crippen LogP contribution >= 0.6 is 0 Å². The van der Waals surface area contributed by atoms with Gasteiger partial charge in [0.05, 0.1) is 11.0 Å². The molecule has 0 aliphatic heterocycles. The van der Waals surface area contributed by atoms with Crippen LogP contribution in [0.2, 0.25) is 25.7 Å². The lowest BCUT2D eigenvalue weighted by Crippen LogP contribution is -2.26. The zero-order valence-corrected chi connectivity index (χ0v) is 23.6. The Morgan fingerprint density at radius 2 is 1.86 bits per heavy atom. The van der Waals surface area contributed by atoms with Crippen LogP contribution in [0.15, 0.2) is 42.6 Å². The highest BCUT2D eigenvalue weighted by molar-refractivity contribution is 6.76. The SMILES string of the molecule is CCCNC(=O)c1ccc(C2(c3nnc4c(C(C)(C)OCOCC[Si](C)(C)C)cccn34)CC2)cc1. The summed E-state index contributed by atoms with van der Waals surface area (Å²) in [5.74, 6) is 0.905. The molecule has 1 aliphatic carbocycles. The Hall–Kier alpha value is -2.55. The van der Waals surface area contributed by atoms with Gasteiger partial charge in [-0.15, -0.1) is 10.2 Å². The topological polar surface area (TPSA) is 77.8 Å². The van der Waals surface area contributed by atoms with Gasteiger partial charge in [-0.3, -0.25) is 9.20 Å². The third-order valence-electron chi connectivity index (χ3n) is 7.00. The van der Waals surface area contributed by atoms with Gasteiger partial charge in [-0.2, -0.15) is 0 Å². The fourth-order valence-electron chi connectivity index (χ4n) is 4.46. The molecule has 0 spiro atoms. The Morgan fingerprint density at radius 3 is 2.50 bits per heavy atom. The molecule has 8 heteroatoms. The predicted molar refractivity (Wildman–Crippen MR) is 145 cm³/mol. The summed E-state index contributed by atoms with van der Waals surface area (Å²) in [4.78, 5) is 12.3. The number of rotatable bonds is 12. The van der Waals surface area contributed by atoms with Crippen LogP contribution in [0, 0.1) is 0 Å². The minimum absolute atomic E-state index is 0.0301. The van der Waals surface area contributed by atoms with Gasteiger partial charge < -0.3 is 14.8 Å². The molecule has 0 radical (unpaired) electrons. The molecule has 7 nitrogen and oxygen atoms in total. The summed E-state index contributed by atoms with van der Waals surface area (Å²) in [5, 5.41) is 12.2. The molecule has 1 aromatic carbocycles. The zero-order valence-electron chi connectivity index (χ0n) is 22.6. The van der Waals surface area contributed by atoms with Crippen molar-refractivity contribution in [3.8, 4) is 0 Å². The van der Waals surface area contributed by atoms with Gasteiger partial charge in [-0.25, -0.2) is 0 Å². The highest BCUT2D eigenvalue weighted by Gasteiger charge is 2.50. The first-order chi connectivity index (χ1) is 17.1. The summed E-state index contributed by atoms with van der Waals surface area (Å²) in [6, 6.07) is 13.1. The number of pyridine rings is 1. The van der Waals surface area contributed by atoms with E-state index in [2.05, 4.69) is 57.8 Å². The largest absolute Gasteiger partial charge is 0.356 e. The molecule has 1 saturated carbocycles. The highest BCUT2D eigenvalue weighted by atomic mass is 28.3. The minimum atomic E-state index is -1.13. The number of hydrogen-bond acceptors (Lipinski definition) is 5. The van der Waals surface area contributed by atoms with Crippen molar-refractivity contribution in [3.05, 3.63) is 65.1 Å². The Balaban J connectivity index is 1.52. The van der Waals surface area contributed by atoms with Crippen LogP contribution in [-0.2, 0) is 20.5 Å². The number of aromatic nitrogens is 3. The van der Waals surface area contributed by atoms with Crippen molar-refractivity contribution >= 4 is 19.6 Å². The highest BCUT2D eigenvalue weighted by Crippen LogP contribution is 2.53. The lowest BCUT2D eigenvalue weighted by molar-refractivity contribution is -0.128. The number of carbonyl (C=O) groups is 1. The number of nitrogens with one attached hydrogen (secondary N) is 1. The molecule has 0 saturated heterocycles.